The van der Waals surface area contributed by atoms with Gasteiger partial charge in [-0.25, -0.2) is 0 Å². The summed E-state index contributed by atoms with van der Waals surface area (Å²) >= 11 is 0. The summed E-state index contributed by atoms with van der Waals surface area (Å²) in [6, 6.07) is 0. The number of aliphatic hydroxyl groups is 9. The van der Waals surface area contributed by atoms with Gasteiger partial charge in [-0.1, -0.05) is 0 Å². The van der Waals surface area contributed by atoms with Crippen molar-refractivity contribution >= 4 is 0 Å². The first-order valence-electron chi connectivity index (χ1n) is 11.5. The second-order valence-corrected chi connectivity index (χ2v) is 9.67. The van der Waals surface area contributed by atoms with Crippen molar-refractivity contribution in [1.82, 2.24) is 0 Å². The SMILES string of the molecule is C[C@]1(O[C@H]2O[C@H](CO)[C@H](O)[C@H](O)[C@H]2O)C[C@@H](O)[C@@H]2C=CO[C@@H](O[C@@H]3O[C@H](CO)[C@@H](O)[C@H](O)[C@H]3O)C21. The number of hydrogen-bond acceptors (Lipinski definition) is 14. The smallest absolute Gasteiger partial charge is 0.207 e. The lowest BCUT2D eigenvalue weighted by molar-refractivity contribution is -0.361. The zero-order valence-electron chi connectivity index (χ0n) is 18.9. The molecule has 4 rings (SSSR count). The Morgan fingerprint density at radius 1 is 0.771 bits per heavy atom. The highest BCUT2D eigenvalue weighted by Gasteiger charge is 2.60. The second kappa shape index (κ2) is 10.4. The molecule has 1 unspecified atom stereocenters. The monoisotopic (exact) mass is 510 g/mol. The number of ether oxygens (including phenoxy) is 5. The van der Waals surface area contributed by atoms with Gasteiger partial charge in [0, 0.05) is 12.3 Å². The summed E-state index contributed by atoms with van der Waals surface area (Å²) in [5.74, 6) is -1.37. The van der Waals surface area contributed by atoms with Crippen LogP contribution in [-0.4, -0.2) is 139 Å². The lowest BCUT2D eigenvalue weighted by atomic mass is 9.84. The molecule has 3 fully saturated rings. The summed E-state index contributed by atoms with van der Waals surface area (Å²) in [7, 11) is 0. The Balaban J connectivity index is 1.55. The van der Waals surface area contributed by atoms with Crippen LogP contribution in [0.15, 0.2) is 12.3 Å². The average molecular weight is 510 g/mol. The van der Waals surface area contributed by atoms with Crippen LogP contribution in [0.3, 0.4) is 0 Å². The van der Waals surface area contributed by atoms with E-state index in [2.05, 4.69) is 0 Å². The minimum atomic E-state index is -1.69. The average Bonchev–Trinajstić information content (AvgIpc) is 3.10. The van der Waals surface area contributed by atoms with Crippen molar-refractivity contribution in [2.45, 2.75) is 92.8 Å². The highest BCUT2D eigenvalue weighted by Crippen LogP contribution is 2.50. The molecule has 14 heteroatoms. The third-order valence-electron chi connectivity index (χ3n) is 7.34. The first-order chi connectivity index (χ1) is 16.5. The van der Waals surface area contributed by atoms with Crippen molar-refractivity contribution in [3.05, 3.63) is 12.3 Å². The molecule has 0 amide bonds. The van der Waals surface area contributed by atoms with E-state index in [0.29, 0.717) is 0 Å². The van der Waals surface area contributed by atoms with Gasteiger partial charge in [0.2, 0.25) is 6.29 Å². The first-order valence-corrected chi connectivity index (χ1v) is 11.5. The van der Waals surface area contributed by atoms with E-state index in [9.17, 15) is 46.0 Å². The van der Waals surface area contributed by atoms with Gasteiger partial charge in [-0.2, -0.15) is 0 Å². The standard InChI is InChI=1S/C21H34O14/c1-21(35-20-17(30)15(28)13(26)10(6-23)33-20)4-8(24)7-2-3-31-18(11(7)21)34-19-16(29)14(27)12(25)9(5-22)32-19/h2-3,7-20,22-30H,4-6H2,1H3/t7-,8+,9+,10+,11?,12+,13-,14-,15-,16+,17+,18-,19-,20+,21-/m0/s1. The van der Waals surface area contributed by atoms with Crippen molar-refractivity contribution in [2.75, 3.05) is 13.2 Å². The minimum absolute atomic E-state index is 0.0135. The van der Waals surface area contributed by atoms with E-state index >= 15 is 0 Å². The number of hydrogen-bond donors (Lipinski definition) is 9. The van der Waals surface area contributed by atoms with Gasteiger partial charge in [0.15, 0.2) is 12.6 Å². The lowest BCUT2D eigenvalue weighted by Crippen LogP contribution is -2.62. The van der Waals surface area contributed by atoms with Gasteiger partial charge in [0.05, 0.1) is 37.1 Å². The molecule has 0 radical (unpaired) electrons. The van der Waals surface area contributed by atoms with E-state index in [0.717, 1.165) is 0 Å². The summed E-state index contributed by atoms with van der Waals surface area (Å²) in [6.07, 6.45) is -14.6. The fourth-order valence-corrected chi connectivity index (χ4v) is 5.33. The number of rotatable bonds is 6. The number of aliphatic hydroxyl groups excluding tert-OH is 9. The van der Waals surface area contributed by atoms with Crippen molar-refractivity contribution in [3.8, 4) is 0 Å². The quantitative estimate of drug-likeness (QED) is 0.163. The van der Waals surface area contributed by atoms with Crippen molar-refractivity contribution in [1.29, 1.82) is 0 Å². The van der Waals surface area contributed by atoms with Gasteiger partial charge in [-0.3, -0.25) is 0 Å². The van der Waals surface area contributed by atoms with Crippen LogP contribution in [-0.2, 0) is 23.7 Å². The lowest BCUT2D eigenvalue weighted by Gasteiger charge is -2.47. The molecule has 3 aliphatic heterocycles. The normalized spacial score (nSPS) is 54.3. The molecule has 0 spiro atoms. The summed E-state index contributed by atoms with van der Waals surface area (Å²) in [5.41, 5.74) is -1.32. The van der Waals surface area contributed by atoms with Gasteiger partial charge in [0.1, 0.15) is 48.8 Å². The fraction of sp³-hybridized carbons (Fsp3) is 0.905. The second-order valence-electron chi connectivity index (χ2n) is 9.67. The largest absolute Gasteiger partial charge is 0.472 e. The molecule has 1 aliphatic carbocycles. The maximum absolute atomic E-state index is 10.7. The summed E-state index contributed by atoms with van der Waals surface area (Å²) < 4.78 is 28.3. The van der Waals surface area contributed by atoms with Crippen LogP contribution in [0.25, 0.3) is 0 Å². The van der Waals surface area contributed by atoms with E-state index in [1.165, 1.54) is 6.26 Å². The Morgan fingerprint density at radius 3 is 1.89 bits per heavy atom. The summed E-state index contributed by atoms with van der Waals surface area (Å²) in [6.45, 7) is 0.290. The zero-order chi connectivity index (χ0) is 25.7. The summed E-state index contributed by atoms with van der Waals surface area (Å²) in [5, 5.41) is 90.6. The van der Waals surface area contributed by atoms with E-state index in [1.807, 2.05) is 0 Å². The molecule has 3 heterocycles. The molecule has 9 N–H and O–H groups in total. The van der Waals surface area contributed by atoms with Gasteiger partial charge in [-0.05, 0) is 13.0 Å². The third kappa shape index (κ3) is 4.84. The maximum Gasteiger partial charge on any atom is 0.207 e. The minimum Gasteiger partial charge on any atom is -0.472 e. The van der Waals surface area contributed by atoms with Crippen molar-refractivity contribution < 1.29 is 69.6 Å². The Morgan fingerprint density at radius 2 is 1.31 bits per heavy atom. The molecule has 4 aliphatic rings. The van der Waals surface area contributed by atoms with Crippen molar-refractivity contribution in [3.63, 3.8) is 0 Å². The molecule has 35 heavy (non-hydrogen) atoms. The van der Waals surface area contributed by atoms with Gasteiger partial charge >= 0.3 is 0 Å². The Kier molecular flexibility index (Phi) is 8.05. The molecule has 14 nitrogen and oxygen atoms in total. The number of fused-ring (bicyclic) bond motifs is 1. The topological polar surface area (TPSA) is 228 Å². The van der Waals surface area contributed by atoms with Crippen LogP contribution < -0.4 is 0 Å². The Labute approximate surface area is 200 Å². The summed E-state index contributed by atoms with van der Waals surface area (Å²) in [4.78, 5) is 0. The van der Waals surface area contributed by atoms with Crippen LogP contribution in [0.5, 0.6) is 0 Å². The molecule has 0 aromatic carbocycles. The Bertz CT molecular complexity index is 750. The zero-order valence-corrected chi connectivity index (χ0v) is 18.9. The van der Waals surface area contributed by atoms with E-state index in [-0.39, 0.29) is 6.42 Å². The molecule has 1 saturated carbocycles. The van der Waals surface area contributed by atoms with Crippen LogP contribution in [0.4, 0.5) is 0 Å². The van der Waals surface area contributed by atoms with E-state index in [4.69, 9.17) is 23.7 Å². The molecule has 0 aromatic rings. The van der Waals surface area contributed by atoms with Crippen molar-refractivity contribution in [2.24, 2.45) is 11.8 Å². The van der Waals surface area contributed by atoms with Gasteiger partial charge in [-0.15, -0.1) is 0 Å². The molecule has 15 atom stereocenters. The fourth-order valence-electron chi connectivity index (χ4n) is 5.33. The molecule has 2 saturated heterocycles. The van der Waals surface area contributed by atoms with Crippen LogP contribution in [0.2, 0.25) is 0 Å². The van der Waals surface area contributed by atoms with E-state index < -0.39 is 104 Å². The predicted octanol–water partition coefficient (Wildman–Crippen LogP) is -4.75. The van der Waals surface area contributed by atoms with Crippen LogP contribution in [0, 0.1) is 11.8 Å². The third-order valence-corrected chi connectivity index (χ3v) is 7.34. The van der Waals surface area contributed by atoms with Crippen LogP contribution >= 0.6 is 0 Å². The Hall–Kier alpha value is -0.980. The molecular weight excluding hydrogens is 476 g/mol. The van der Waals surface area contributed by atoms with Crippen LogP contribution in [0.1, 0.15) is 13.3 Å². The molecule has 0 aromatic heterocycles. The highest BCUT2D eigenvalue weighted by atomic mass is 16.8. The molecular formula is C21H34O14. The molecule has 202 valence electrons. The van der Waals surface area contributed by atoms with Gasteiger partial charge < -0.3 is 69.6 Å². The molecule has 0 bridgehead atoms. The first kappa shape index (κ1) is 27.1. The van der Waals surface area contributed by atoms with E-state index in [1.54, 1.807) is 13.0 Å². The van der Waals surface area contributed by atoms with Gasteiger partial charge in [0.25, 0.3) is 0 Å². The maximum atomic E-state index is 10.7. The highest BCUT2D eigenvalue weighted by molar-refractivity contribution is 5.11. The predicted molar refractivity (Wildman–Crippen MR) is 110 cm³/mol.